The summed E-state index contributed by atoms with van der Waals surface area (Å²) in [5.74, 6) is 0.565. The molecule has 166 valence electrons. The Morgan fingerprint density at radius 3 is 2.59 bits per heavy atom. The maximum atomic E-state index is 14.9. The van der Waals surface area contributed by atoms with Gasteiger partial charge in [0.15, 0.2) is 11.6 Å². The Hall–Kier alpha value is -3.59. The smallest absolute Gasteiger partial charge is 0.180 e. The number of pyridine rings is 1. The van der Waals surface area contributed by atoms with E-state index in [1.165, 1.54) is 6.07 Å². The molecule has 3 heterocycles. The number of aromatic nitrogens is 5. The van der Waals surface area contributed by atoms with Crippen molar-refractivity contribution in [2.75, 3.05) is 24.7 Å². The summed E-state index contributed by atoms with van der Waals surface area (Å²) in [6.07, 6.45) is 3.44. The molecule has 3 aromatic heterocycles. The number of aliphatic hydroxyl groups is 1. The van der Waals surface area contributed by atoms with Gasteiger partial charge in [-0.1, -0.05) is 0 Å². The third-order valence-corrected chi connectivity index (χ3v) is 5.24. The van der Waals surface area contributed by atoms with Crippen molar-refractivity contribution in [3.05, 3.63) is 65.5 Å². The zero-order chi connectivity index (χ0) is 22.7. The molecule has 1 aromatic carbocycles. The summed E-state index contributed by atoms with van der Waals surface area (Å²) in [4.78, 5) is 5.96. The van der Waals surface area contributed by atoms with Crippen molar-refractivity contribution in [3.8, 4) is 11.4 Å². The SMILES string of the molecule is CCOc1ccc(-n2nc3c(N(CCO)Cc4ccncc4)nnc(C)c3c2C)c(F)c1. The van der Waals surface area contributed by atoms with E-state index >= 15 is 0 Å². The Morgan fingerprint density at radius 2 is 1.91 bits per heavy atom. The van der Waals surface area contributed by atoms with Crippen LogP contribution in [0.5, 0.6) is 5.75 Å². The van der Waals surface area contributed by atoms with E-state index in [0.717, 1.165) is 16.6 Å². The molecule has 0 aliphatic heterocycles. The van der Waals surface area contributed by atoms with Crippen LogP contribution in [0.4, 0.5) is 10.2 Å². The van der Waals surface area contributed by atoms with Gasteiger partial charge in [-0.2, -0.15) is 10.2 Å². The Kier molecular flexibility index (Phi) is 6.27. The van der Waals surface area contributed by atoms with Gasteiger partial charge in [-0.25, -0.2) is 9.07 Å². The second-order valence-electron chi connectivity index (χ2n) is 7.38. The van der Waals surface area contributed by atoms with Gasteiger partial charge in [-0.05, 0) is 50.6 Å². The van der Waals surface area contributed by atoms with E-state index in [0.29, 0.717) is 48.2 Å². The molecule has 0 saturated heterocycles. The summed E-state index contributed by atoms with van der Waals surface area (Å²) in [5.41, 5.74) is 3.38. The number of nitrogens with zero attached hydrogens (tertiary/aromatic N) is 6. The van der Waals surface area contributed by atoms with Crippen LogP contribution >= 0.6 is 0 Å². The minimum atomic E-state index is -0.434. The molecule has 0 aliphatic rings. The average Bonchev–Trinajstić information content (AvgIpc) is 3.13. The van der Waals surface area contributed by atoms with Gasteiger partial charge < -0.3 is 14.7 Å². The average molecular weight is 436 g/mol. The van der Waals surface area contributed by atoms with Crippen LogP contribution in [-0.2, 0) is 6.54 Å². The van der Waals surface area contributed by atoms with Crippen LogP contribution in [0.3, 0.4) is 0 Å². The molecule has 0 unspecified atom stereocenters. The fraction of sp³-hybridized carbons (Fsp3) is 0.304. The van der Waals surface area contributed by atoms with Crippen molar-refractivity contribution in [2.45, 2.75) is 27.3 Å². The van der Waals surface area contributed by atoms with Crippen LogP contribution in [0.2, 0.25) is 0 Å². The van der Waals surface area contributed by atoms with Gasteiger partial charge in [0.2, 0.25) is 0 Å². The molecular weight excluding hydrogens is 411 g/mol. The molecule has 0 amide bonds. The molecule has 4 rings (SSSR count). The number of anilines is 1. The van der Waals surface area contributed by atoms with Gasteiger partial charge in [0.1, 0.15) is 17.0 Å². The van der Waals surface area contributed by atoms with E-state index in [2.05, 4.69) is 15.2 Å². The zero-order valence-corrected chi connectivity index (χ0v) is 18.3. The lowest BCUT2D eigenvalue weighted by Gasteiger charge is -2.22. The zero-order valence-electron chi connectivity index (χ0n) is 18.3. The standard InChI is InChI=1S/C23H25FN6O2/c1-4-32-18-5-6-20(19(24)13-18)30-16(3)21-15(2)26-27-23(22(21)28-30)29(11-12-31)14-17-7-9-25-10-8-17/h5-10,13,31H,4,11-12,14H2,1-3H3. The summed E-state index contributed by atoms with van der Waals surface area (Å²) >= 11 is 0. The fourth-order valence-electron chi connectivity index (χ4n) is 3.76. The van der Waals surface area contributed by atoms with Gasteiger partial charge in [0.25, 0.3) is 0 Å². The predicted molar refractivity (Wildman–Crippen MR) is 120 cm³/mol. The molecule has 0 atom stereocenters. The number of ether oxygens (including phenoxy) is 1. The molecule has 0 bridgehead atoms. The number of fused-ring (bicyclic) bond motifs is 1. The number of aliphatic hydroxyl groups excluding tert-OH is 1. The van der Waals surface area contributed by atoms with E-state index in [-0.39, 0.29) is 6.61 Å². The maximum absolute atomic E-state index is 14.9. The molecule has 8 nitrogen and oxygen atoms in total. The number of hydrogen-bond donors (Lipinski definition) is 1. The molecule has 0 saturated carbocycles. The monoisotopic (exact) mass is 436 g/mol. The van der Waals surface area contributed by atoms with Gasteiger partial charge >= 0.3 is 0 Å². The second kappa shape index (κ2) is 9.27. The summed E-state index contributed by atoms with van der Waals surface area (Å²) < 4.78 is 21.9. The number of aryl methyl sites for hydroxylation is 2. The van der Waals surface area contributed by atoms with E-state index in [4.69, 9.17) is 9.84 Å². The van der Waals surface area contributed by atoms with Crippen molar-refractivity contribution in [2.24, 2.45) is 0 Å². The van der Waals surface area contributed by atoms with Crippen molar-refractivity contribution in [1.29, 1.82) is 0 Å². The van der Waals surface area contributed by atoms with Crippen molar-refractivity contribution in [1.82, 2.24) is 25.0 Å². The van der Waals surface area contributed by atoms with E-state index in [9.17, 15) is 9.50 Å². The van der Waals surface area contributed by atoms with Crippen LogP contribution < -0.4 is 9.64 Å². The van der Waals surface area contributed by atoms with Crippen molar-refractivity contribution in [3.63, 3.8) is 0 Å². The molecule has 0 spiro atoms. The molecule has 0 radical (unpaired) electrons. The minimum absolute atomic E-state index is 0.0602. The minimum Gasteiger partial charge on any atom is -0.494 e. The quantitative estimate of drug-likeness (QED) is 0.453. The molecule has 1 N–H and O–H groups in total. The number of hydrogen-bond acceptors (Lipinski definition) is 7. The van der Waals surface area contributed by atoms with E-state index in [1.807, 2.05) is 37.8 Å². The van der Waals surface area contributed by atoms with Gasteiger partial charge in [0.05, 0.1) is 30.0 Å². The molecule has 0 aliphatic carbocycles. The lowest BCUT2D eigenvalue weighted by Crippen LogP contribution is -2.27. The Labute approximate surface area is 185 Å². The highest BCUT2D eigenvalue weighted by atomic mass is 19.1. The van der Waals surface area contributed by atoms with Crippen molar-refractivity contribution < 1.29 is 14.2 Å². The first-order chi connectivity index (χ1) is 15.5. The van der Waals surface area contributed by atoms with Crippen LogP contribution in [-0.4, -0.2) is 49.8 Å². The third-order valence-electron chi connectivity index (χ3n) is 5.24. The first-order valence-corrected chi connectivity index (χ1v) is 10.4. The lowest BCUT2D eigenvalue weighted by molar-refractivity contribution is 0.301. The first-order valence-electron chi connectivity index (χ1n) is 10.4. The Morgan fingerprint density at radius 1 is 1.12 bits per heavy atom. The van der Waals surface area contributed by atoms with Gasteiger partial charge in [-0.15, -0.1) is 5.10 Å². The summed E-state index contributed by atoms with van der Waals surface area (Å²) in [7, 11) is 0. The van der Waals surface area contributed by atoms with Gasteiger partial charge in [0, 0.05) is 31.5 Å². The highest BCUT2D eigenvalue weighted by Crippen LogP contribution is 2.31. The number of rotatable bonds is 8. The van der Waals surface area contributed by atoms with Crippen molar-refractivity contribution >= 4 is 16.7 Å². The van der Waals surface area contributed by atoms with Crippen LogP contribution in [0, 0.1) is 19.7 Å². The van der Waals surface area contributed by atoms with Crippen LogP contribution in [0.15, 0.2) is 42.7 Å². The molecule has 4 aromatic rings. The second-order valence-corrected chi connectivity index (χ2v) is 7.38. The fourth-order valence-corrected chi connectivity index (χ4v) is 3.76. The van der Waals surface area contributed by atoms with Crippen LogP contribution in [0.1, 0.15) is 23.9 Å². The Bertz CT molecular complexity index is 1230. The third kappa shape index (κ3) is 4.11. The number of halogens is 1. The predicted octanol–water partition coefficient (Wildman–Crippen LogP) is 3.36. The molecule has 32 heavy (non-hydrogen) atoms. The van der Waals surface area contributed by atoms with Crippen LogP contribution in [0.25, 0.3) is 16.6 Å². The van der Waals surface area contributed by atoms with E-state index < -0.39 is 5.82 Å². The number of benzene rings is 1. The largest absolute Gasteiger partial charge is 0.494 e. The summed E-state index contributed by atoms with van der Waals surface area (Å²) in [6, 6.07) is 8.54. The highest BCUT2D eigenvalue weighted by Gasteiger charge is 2.22. The topological polar surface area (TPSA) is 89.2 Å². The normalized spacial score (nSPS) is 11.2. The lowest BCUT2D eigenvalue weighted by atomic mass is 10.2. The first kappa shape index (κ1) is 21.6. The molecule has 0 fully saturated rings. The van der Waals surface area contributed by atoms with Gasteiger partial charge in [-0.3, -0.25) is 4.98 Å². The summed E-state index contributed by atoms with van der Waals surface area (Å²) in [5, 5.41) is 23.9. The highest BCUT2D eigenvalue weighted by molar-refractivity contribution is 5.92. The van der Waals surface area contributed by atoms with E-state index in [1.54, 1.807) is 29.2 Å². The Balaban J connectivity index is 1.83. The maximum Gasteiger partial charge on any atom is 0.180 e. The molecule has 9 heteroatoms. The molecular formula is C23H25FN6O2. The summed E-state index contributed by atoms with van der Waals surface area (Å²) in [6.45, 7) is 6.83.